The number of nitrogens with one attached hydrogen (secondary N) is 1. The maximum Gasteiger partial charge on any atom is 0.270 e. The number of hydrogen-bond donors (Lipinski definition) is 1. The van der Waals surface area contributed by atoms with Crippen molar-refractivity contribution in [2.75, 3.05) is 47.4 Å². The largest absolute Gasteiger partial charge is 0.496 e. The van der Waals surface area contributed by atoms with E-state index in [-0.39, 0.29) is 53.8 Å². The molecule has 1 saturated heterocycles. The van der Waals surface area contributed by atoms with Gasteiger partial charge in [0.15, 0.2) is 5.82 Å². The number of pyridine rings is 1. The Kier molecular flexibility index (Phi) is 14.7. The molecule has 2 aliphatic heterocycles. The molecular formula is C56H61F2N5O7. The van der Waals surface area contributed by atoms with E-state index in [2.05, 4.69) is 4.98 Å². The number of aromatic nitrogens is 2. The van der Waals surface area contributed by atoms with Crippen LogP contribution in [-0.4, -0.2) is 95.5 Å². The number of para-hydroxylation sites is 2. The predicted molar refractivity (Wildman–Crippen MR) is 272 cm³/mol. The maximum absolute atomic E-state index is 16.0. The summed E-state index contributed by atoms with van der Waals surface area (Å²) in [4.78, 5) is 57.8. The summed E-state index contributed by atoms with van der Waals surface area (Å²) in [6, 6.07) is 27.0. The molecule has 0 spiro atoms. The van der Waals surface area contributed by atoms with Gasteiger partial charge in [-0.05, 0) is 85.2 Å². The van der Waals surface area contributed by atoms with Gasteiger partial charge in [-0.25, -0.2) is 8.78 Å². The molecule has 0 unspecified atom stereocenters. The number of rotatable bonds is 9. The standard InChI is InChI=1S/C27H30FN3O3.C27H23FN2O4.C2H6.H2/c1-16(32)31-12-6-7-17(15-31)20-13-21(19-8-4-5-9-24(19)34-3)22-14-23(29-26(22)25(20)28)27(33)30(2)18-10-11-18;1-17(31)29-12-7-8-18(16-29)20-14-21(19-9-3-4-10-23(19)33-2)27-22(26(20)28)15-25(34-27)30-13-6-5-11-24(30)32;1-2;/h4-5,8-9,13-14,17-18,29H,6-7,10-12,15H2,1-3H3;3-6,8-11,13-15H,7,12,16H2,1-2H3;1-2H3;1H/t17-;;;/m0.../s1. The minimum absolute atomic E-state index is 0. The second-order valence-electron chi connectivity index (χ2n) is 17.6. The maximum atomic E-state index is 16.0. The van der Waals surface area contributed by atoms with Crippen LogP contribution in [0.15, 0.2) is 112 Å². The fourth-order valence-electron chi connectivity index (χ4n) is 9.51. The normalized spacial score (nSPS) is 15.6. The lowest BCUT2D eigenvalue weighted by atomic mass is 9.87. The van der Waals surface area contributed by atoms with Crippen LogP contribution >= 0.6 is 0 Å². The number of carbonyl (C=O) groups is 3. The zero-order chi connectivity index (χ0) is 49.8. The minimum atomic E-state index is -0.454. The Morgan fingerprint density at radius 1 is 0.757 bits per heavy atom. The second-order valence-corrected chi connectivity index (χ2v) is 17.6. The SMILES string of the molecule is CC.COc1ccccc1-c1cc(C2=CCCN(C(C)=O)C2)c(F)c2cc(-n3ccccc3=O)oc12.COc1ccccc1-c1cc([C@H]2CCCN(C(C)=O)C2)c(F)c2[nH]c(C(=O)N(C)C3CC3)cc12.[HH]. The molecule has 1 atom stereocenters. The number of ether oxygens (including phenoxy) is 2. The van der Waals surface area contributed by atoms with Crippen LogP contribution in [0.5, 0.6) is 11.5 Å². The number of H-pyrrole nitrogens is 1. The quantitative estimate of drug-likeness (QED) is 0.152. The third kappa shape index (κ3) is 9.72. The highest BCUT2D eigenvalue weighted by Gasteiger charge is 2.33. The van der Waals surface area contributed by atoms with Gasteiger partial charge in [0.2, 0.25) is 17.7 Å². The second kappa shape index (κ2) is 21.0. The van der Waals surface area contributed by atoms with E-state index in [9.17, 15) is 19.2 Å². The van der Waals surface area contributed by atoms with Gasteiger partial charge >= 0.3 is 0 Å². The average Bonchev–Trinajstić information content (AvgIpc) is 3.98. The van der Waals surface area contributed by atoms with E-state index in [0.29, 0.717) is 83.0 Å². The van der Waals surface area contributed by atoms with E-state index in [4.69, 9.17) is 13.9 Å². The molecule has 2 fully saturated rings. The zero-order valence-electron chi connectivity index (χ0n) is 40.7. The van der Waals surface area contributed by atoms with E-state index in [1.165, 1.54) is 17.6 Å². The summed E-state index contributed by atoms with van der Waals surface area (Å²) in [5.74, 6) is 0.409. The topological polar surface area (TPSA) is 130 Å². The summed E-state index contributed by atoms with van der Waals surface area (Å²) < 4.78 is 50.6. The van der Waals surface area contributed by atoms with Gasteiger partial charge in [0.1, 0.15) is 28.6 Å². The third-order valence-electron chi connectivity index (χ3n) is 13.4. The lowest BCUT2D eigenvalue weighted by Crippen LogP contribution is -2.37. The molecule has 1 aliphatic carbocycles. The molecule has 7 aromatic rings. The van der Waals surface area contributed by atoms with Crippen LogP contribution in [0.1, 0.15) is 88.8 Å². The van der Waals surface area contributed by atoms with Crippen LogP contribution < -0.4 is 15.0 Å². The van der Waals surface area contributed by atoms with Gasteiger partial charge in [0.25, 0.3) is 11.5 Å². The van der Waals surface area contributed by atoms with Gasteiger partial charge in [-0.1, -0.05) is 62.4 Å². The van der Waals surface area contributed by atoms with Gasteiger partial charge in [0, 0.05) is 106 Å². The Morgan fingerprint density at radius 2 is 1.41 bits per heavy atom. The Morgan fingerprint density at radius 3 is 2.06 bits per heavy atom. The molecule has 3 aromatic heterocycles. The van der Waals surface area contributed by atoms with E-state index in [1.807, 2.05) is 74.5 Å². The zero-order valence-corrected chi connectivity index (χ0v) is 40.7. The van der Waals surface area contributed by atoms with Crippen LogP contribution in [0, 0.1) is 11.6 Å². The van der Waals surface area contributed by atoms with Crippen molar-refractivity contribution in [1.82, 2.24) is 24.3 Å². The van der Waals surface area contributed by atoms with E-state index >= 15 is 8.78 Å². The summed E-state index contributed by atoms with van der Waals surface area (Å²) in [6.07, 6.45) is 7.82. The number of methoxy groups -OCH3 is 2. The molecule has 0 radical (unpaired) electrons. The number of aromatic amines is 1. The number of carbonyl (C=O) groups excluding carboxylic acids is 3. The molecular weight excluding hydrogens is 893 g/mol. The molecule has 1 N–H and O–H groups in total. The first kappa shape index (κ1) is 49.0. The van der Waals surface area contributed by atoms with Crippen molar-refractivity contribution in [3.05, 3.63) is 142 Å². The molecule has 12 nitrogen and oxygen atoms in total. The van der Waals surface area contributed by atoms with Crippen molar-refractivity contribution in [1.29, 1.82) is 0 Å². The fourth-order valence-corrected chi connectivity index (χ4v) is 9.51. The van der Waals surface area contributed by atoms with Crippen molar-refractivity contribution in [2.24, 2.45) is 0 Å². The number of fused-ring (bicyclic) bond motifs is 2. The molecule has 1 saturated carbocycles. The fraction of sp³-hybridized carbons (Fsp3) is 0.321. The smallest absolute Gasteiger partial charge is 0.270 e. The van der Waals surface area contributed by atoms with E-state index in [0.717, 1.165) is 47.9 Å². The summed E-state index contributed by atoms with van der Waals surface area (Å²) >= 11 is 0. The summed E-state index contributed by atoms with van der Waals surface area (Å²) in [6.45, 7) is 9.19. The number of furan rings is 1. The molecule has 0 bridgehead atoms. The van der Waals surface area contributed by atoms with Crippen LogP contribution in [0.3, 0.4) is 0 Å². The first-order chi connectivity index (χ1) is 33.9. The van der Waals surface area contributed by atoms with Crippen molar-refractivity contribution in [3.8, 4) is 39.6 Å². The number of piperidine rings is 1. The molecule has 70 heavy (non-hydrogen) atoms. The summed E-state index contributed by atoms with van der Waals surface area (Å²) in [5, 5.41) is 0.905. The molecule has 14 heteroatoms. The minimum Gasteiger partial charge on any atom is -0.496 e. The van der Waals surface area contributed by atoms with Gasteiger partial charge < -0.3 is 33.6 Å². The number of benzene rings is 4. The van der Waals surface area contributed by atoms with Gasteiger partial charge in [-0.3, -0.25) is 23.7 Å². The van der Waals surface area contributed by atoms with Crippen molar-refractivity contribution < 1.29 is 38.5 Å². The Labute approximate surface area is 407 Å². The highest BCUT2D eigenvalue weighted by atomic mass is 19.1. The van der Waals surface area contributed by atoms with E-state index in [1.54, 1.807) is 79.4 Å². The Bertz CT molecular complexity index is 3190. The highest BCUT2D eigenvalue weighted by Crippen LogP contribution is 2.43. The molecule has 366 valence electrons. The monoisotopic (exact) mass is 953 g/mol. The molecule has 10 rings (SSSR count). The number of halogens is 2. The Balaban J connectivity index is 0.000000199. The number of amides is 3. The first-order valence-electron chi connectivity index (χ1n) is 23.9. The molecule has 3 amide bonds. The molecule has 4 aromatic carbocycles. The summed E-state index contributed by atoms with van der Waals surface area (Å²) in [7, 11) is 4.99. The number of nitrogens with zero attached hydrogens (tertiary/aromatic N) is 4. The van der Waals surface area contributed by atoms with Gasteiger partial charge in [-0.2, -0.15) is 0 Å². The third-order valence-corrected chi connectivity index (χ3v) is 13.4. The van der Waals surface area contributed by atoms with Crippen LogP contribution in [0.25, 0.3) is 55.6 Å². The van der Waals surface area contributed by atoms with Crippen LogP contribution in [0.2, 0.25) is 0 Å². The van der Waals surface area contributed by atoms with Crippen molar-refractivity contribution >= 4 is 45.2 Å². The lowest BCUT2D eigenvalue weighted by molar-refractivity contribution is -0.130. The van der Waals surface area contributed by atoms with E-state index < -0.39 is 5.82 Å². The Hall–Kier alpha value is -7.48. The van der Waals surface area contributed by atoms with Crippen LogP contribution in [-0.2, 0) is 9.59 Å². The highest BCUT2D eigenvalue weighted by molar-refractivity contribution is 6.04. The van der Waals surface area contributed by atoms with Gasteiger partial charge in [0.05, 0.1) is 25.1 Å². The summed E-state index contributed by atoms with van der Waals surface area (Å²) in [5.41, 5.74) is 5.45. The van der Waals surface area contributed by atoms with Gasteiger partial charge in [-0.15, -0.1) is 0 Å². The lowest BCUT2D eigenvalue weighted by Gasteiger charge is -2.32. The number of likely N-dealkylation sites (tertiary alicyclic amines) is 1. The van der Waals surface area contributed by atoms with Crippen molar-refractivity contribution in [3.63, 3.8) is 0 Å². The molecule has 5 heterocycles. The van der Waals surface area contributed by atoms with Crippen LogP contribution in [0.4, 0.5) is 8.78 Å². The molecule has 3 aliphatic rings. The predicted octanol–water partition coefficient (Wildman–Crippen LogP) is 11.2. The first-order valence-corrected chi connectivity index (χ1v) is 23.9. The number of hydrogen-bond acceptors (Lipinski definition) is 7. The van der Waals surface area contributed by atoms with Crippen molar-refractivity contribution in [2.45, 2.75) is 71.8 Å². The average molecular weight is 954 g/mol.